The minimum atomic E-state index is -1.21. The van der Waals surface area contributed by atoms with Crippen LogP contribution in [0.5, 0.6) is 0 Å². The van der Waals surface area contributed by atoms with E-state index in [4.69, 9.17) is 10.3 Å². The van der Waals surface area contributed by atoms with Crippen LogP contribution in [0.4, 0.5) is 11.4 Å². The molecule has 0 saturated carbocycles. The lowest BCUT2D eigenvalue weighted by Crippen LogP contribution is -2.99. The van der Waals surface area contributed by atoms with E-state index < -0.39 is 11.2 Å². The number of hydrogen-bond donors (Lipinski definition) is 4. The first-order valence-electron chi connectivity index (χ1n) is 4.40. The molecule has 0 amide bonds. The quantitative estimate of drug-likeness (QED) is 0.432. The van der Waals surface area contributed by atoms with E-state index in [1.165, 1.54) is 18.3 Å². The van der Waals surface area contributed by atoms with E-state index in [-0.39, 0.29) is 16.9 Å². The third-order valence-corrected chi connectivity index (χ3v) is 1.81. The van der Waals surface area contributed by atoms with Gasteiger partial charge < -0.3 is 10.3 Å². The van der Waals surface area contributed by atoms with Crippen molar-refractivity contribution in [2.75, 3.05) is 5.43 Å². The number of anilines is 1. The summed E-state index contributed by atoms with van der Waals surface area (Å²) in [6.07, 6.45) is 1.46. The second-order valence-corrected chi connectivity index (χ2v) is 2.87. The first-order chi connectivity index (χ1) is 7.56. The van der Waals surface area contributed by atoms with Gasteiger partial charge in [0.2, 0.25) is 0 Å². The van der Waals surface area contributed by atoms with Crippen LogP contribution in [0.3, 0.4) is 0 Å². The molecule has 0 heterocycles. The molecule has 1 atom stereocenters. The maximum Gasteiger partial charge on any atom is 0.338 e. The van der Waals surface area contributed by atoms with Crippen LogP contribution < -0.4 is 10.7 Å². The van der Waals surface area contributed by atoms with Crippen molar-refractivity contribution in [1.82, 2.24) is 0 Å². The lowest BCUT2D eigenvalue weighted by atomic mass is 10.1. The van der Waals surface area contributed by atoms with E-state index in [9.17, 15) is 10.0 Å². The SMILES string of the molecule is C/C=N/Nc1ccc([NH+]([O-])O)cc1C(=O)O. The summed E-state index contributed by atoms with van der Waals surface area (Å²) in [5.74, 6) is -1.21. The second-order valence-electron chi connectivity index (χ2n) is 2.87. The molecule has 1 unspecified atom stereocenters. The molecule has 1 aromatic rings. The summed E-state index contributed by atoms with van der Waals surface area (Å²) >= 11 is 0. The van der Waals surface area contributed by atoms with Crippen molar-refractivity contribution in [1.29, 1.82) is 0 Å². The fourth-order valence-corrected chi connectivity index (χ4v) is 1.09. The van der Waals surface area contributed by atoms with Gasteiger partial charge in [0.05, 0.1) is 11.3 Å². The Morgan fingerprint density at radius 3 is 2.81 bits per heavy atom. The van der Waals surface area contributed by atoms with E-state index in [0.29, 0.717) is 0 Å². The van der Waals surface area contributed by atoms with E-state index in [1.807, 2.05) is 0 Å². The summed E-state index contributed by atoms with van der Waals surface area (Å²) in [7, 11) is 0. The number of hydrazone groups is 1. The highest BCUT2D eigenvalue weighted by Crippen LogP contribution is 2.18. The normalized spacial score (nSPS) is 12.7. The second kappa shape index (κ2) is 5.21. The first-order valence-corrected chi connectivity index (χ1v) is 4.40. The molecule has 0 bridgehead atoms. The molecule has 0 radical (unpaired) electrons. The van der Waals surface area contributed by atoms with Crippen molar-refractivity contribution in [2.24, 2.45) is 5.10 Å². The van der Waals surface area contributed by atoms with Crippen molar-refractivity contribution in [3.8, 4) is 0 Å². The summed E-state index contributed by atoms with van der Waals surface area (Å²) in [5, 5.41) is 30.8. The van der Waals surface area contributed by atoms with Crippen LogP contribution in [0.15, 0.2) is 23.3 Å². The standard InChI is InChI=1S/C9H11N3O4/c1-2-10-11-8-4-3-6(12(15)16)5-7(8)9(13)14/h2-5,11-12,15H,1H3,(H,13,14)/b10-2+. The van der Waals surface area contributed by atoms with Crippen LogP contribution in [0, 0.1) is 5.21 Å². The third-order valence-electron chi connectivity index (χ3n) is 1.81. The molecule has 0 aliphatic rings. The maximum absolute atomic E-state index is 10.9. The summed E-state index contributed by atoms with van der Waals surface area (Å²) in [4.78, 5) is 10.9. The Morgan fingerprint density at radius 1 is 1.62 bits per heavy atom. The smallest absolute Gasteiger partial charge is 0.338 e. The van der Waals surface area contributed by atoms with Crippen molar-refractivity contribution in [3.63, 3.8) is 0 Å². The van der Waals surface area contributed by atoms with Gasteiger partial charge in [-0.15, -0.1) is 0 Å². The van der Waals surface area contributed by atoms with Crippen molar-refractivity contribution >= 4 is 23.6 Å². The number of quaternary nitrogens is 1. The minimum absolute atomic E-state index is 0.0802. The Balaban J connectivity index is 3.14. The lowest BCUT2D eigenvalue weighted by Gasteiger charge is -2.13. The summed E-state index contributed by atoms with van der Waals surface area (Å²) in [5.41, 5.74) is 2.54. The molecule has 0 aliphatic heterocycles. The van der Waals surface area contributed by atoms with E-state index >= 15 is 0 Å². The van der Waals surface area contributed by atoms with Gasteiger partial charge in [-0.05, 0) is 13.0 Å². The average molecular weight is 225 g/mol. The first kappa shape index (κ1) is 12.1. The van der Waals surface area contributed by atoms with Crippen LogP contribution in [0.1, 0.15) is 17.3 Å². The number of nitrogens with one attached hydrogen (secondary N) is 2. The number of carboxylic acid groups (broad SMARTS) is 1. The number of hydrogen-bond acceptors (Lipinski definition) is 5. The molecule has 7 nitrogen and oxygen atoms in total. The van der Waals surface area contributed by atoms with Gasteiger partial charge in [0.25, 0.3) is 0 Å². The van der Waals surface area contributed by atoms with Crippen LogP contribution in [0.25, 0.3) is 0 Å². The number of rotatable bonds is 4. The maximum atomic E-state index is 10.9. The molecule has 4 N–H and O–H groups in total. The minimum Gasteiger partial charge on any atom is -0.595 e. The average Bonchev–Trinajstić information content (AvgIpc) is 2.25. The molecule has 0 saturated heterocycles. The van der Waals surface area contributed by atoms with E-state index in [0.717, 1.165) is 6.07 Å². The van der Waals surface area contributed by atoms with Gasteiger partial charge in [0.15, 0.2) is 5.69 Å². The topological polar surface area (TPSA) is 109 Å². The monoisotopic (exact) mass is 225 g/mol. The Hall–Kier alpha value is -1.96. The predicted molar refractivity (Wildman–Crippen MR) is 57.0 cm³/mol. The van der Waals surface area contributed by atoms with Gasteiger partial charge in [-0.1, -0.05) is 0 Å². The molecule has 16 heavy (non-hydrogen) atoms. The molecule has 0 aromatic heterocycles. The Kier molecular flexibility index (Phi) is 3.95. The van der Waals surface area contributed by atoms with Crippen molar-refractivity contribution in [2.45, 2.75) is 6.92 Å². The highest BCUT2D eigenvalue weighted by atomic mass is 16.8. The Bertz CT molecular complexity index is 417. The molecule has 0 fully saturated rings. The largest absolute Gasteiger partial charge is 0.595 e. The van der Waals surface area contributed by atoms with Gasteiger partial charge in [-0.2, -0.15) is 10.3 Å². The number of aromatic carboxylic acids is 1. The zero-order valence-corrected chi connectivity index (χ0v) is 8.47. The van der Waals surface area contributed by atoms with E-state index in [1.54, 1.807) is 6.92 Å². The summed E-state index contributed by atoms with van der Waals surface area (Å²) < 4.78 is 0. The molecular weight excluding hydrogens is 214 g/mol. The Morgan fingerprint density at radius 2 is 2.31 bits per heavy atom. The number of benzene rings is 1. The fraction of sp³-hybridized carbons (Fsp3) is 0.111. The summed E-state index contributed by atoms with van der Waals surface area (Å²) in [6, 6.07) is 3.75. The molecule has 1 aromatic carbocycles. The highest BCUT2D eigenvalue weighted by molar-refractivity contribution is 5.95. The molecular formula is C9H11N3O4. The Labute approximate surface area is 91.2 Å². The van der Waals surface area contributed by atoms with Crippen LogP contribution >= 0.6 is 0 Å². The van der Waals surface area contributed by atoms with Gasteiger partial charge in [-0.25, -0.2) is 10.0 Å². The zero-order chi connectivity index (χ0) is 12.1. The van der Waals surface area contributed by atoms with Crippen molar-refractivity contribution < 1.29 is 20.3 Å². The van der Waals surface area contributed by atoms with Gasteiger partial charge in [-0.3, -0.25) is 5.43 Å². The number of carboxylic acids is 1. The van der Waals surface area contributed by atoms with Crippen LogP contribution in [-0.2, 0) is 0 Å². The van der Waals surface area contributed by atoms with E-state index in [2.05, 4.69) is 10.5 Å². The molecule has 86 valence electrons. The van der Waals surface area contributed by atoms with Gasteiger partial charge in [0, 0.05) is 18.3 Å². The number of nitrogens with zero attached hydrogens (tertiary/aromatic N) is 1. The molecule has 0 spiro atoms. The van der Waals surface area contributed by atoms with Crippen LogP contribution in [-0.4, -0.2) is 22.5 Å². The van der Waals surface area contributed by atoms with Gasteiger partial charge >= 0.3 is 5.97 Å². The fourth-order valence-electron chi connectivity index (χ4n) is 1.09. The third kappa shape index (κ3) is 2.76. The number of carbonyl (C=O) groups is 1. The molecule has 0 aliphatic carbocycles. The molecule has 1 rings (SSSR count). The predicted octanol–water partition coefficient (Wildman–Crippen LogP) is 0.206. The van der Waals surface area contributed by atoms with Crippen LogP contribution in [0.2, 0.25) is 0 Å². The molecule has 7 heteroatoms. The zero-order valence-electron chi connectivity index (χ0n) is 8.47. The lowest BCUT2D eigenvalue weighted by molar-refractivity contribution is -0.991. The van der Waals surface area contributed by atoms with Crippen molar-refractivity contribution in [3.05, 3.63) is 29.0 Å². The highest BCUT2D eigenvalue weighted by Gasteiger charge is 2.13. The van der Waals surface area contributed by atoms with Gasteiger partial charge in [0.1, 0.15) is 0 Å². The summed E-state index contributed by atoms with van der Waals surface area (Å²) in [6.45, 7) is 1.67.